The Morgan fingerprint density at radius 3 is 2.39 bits per heavy atom. The monoisotopic (exact) mass is 439 g/mol. The number of aryl methyl sites for hydroxylation is 1. The molecule has 1 aromatic carbocycles. The van der Waals surface area contributed by atoms with E-state index in [0.29, 0.717) is 11.4 Å². The molecule has 0 bridgehead atoms. The van der Waals surface area contributed by atoms with E-state index in [2.05, 4.69) is 35.1 Å². The van der Waals surface area contributed by atoms with Crippen LogP contribution in [0.15, 0.2) is 53.6 Å². The fourth-order valence-electron chi connectivity index (χ4n) is 3.15. The summed E-state index contributed by atoms with van der Waals surface area (Å²) in [4.78, 5) is 22.5. The Labute approximate surface area is 179 Å². The van der Waals surface area contributed by atoms with Gasteiger partial charge in [-0.3, -0.25) is 4.79 Å². The average Bonchev–Trinajstić information content (AvgIpc) is 3.29. The van der Waals surface area contributed by atoms with Gasteiger partial charge in [-0.15, -0.1) is 10.2 Å². The van der Waals surface area contributed by atoms with Crippen LogP contribution in [-0.4, -0.2) is 47.6 Å². The van der Waals surface area contributed by atoms with Gasteiger partial charge in [-0.1, -0.05) is 0 Å². The Balaban J connectivity index is 1.41. The number of nitrogens with zero attached hydrogens (tertiary/aromatic N) is 5. The molecule has 1 fully saturated rings. The number of anilines is 3. The average molecular weight is 440 g/mol. The fraction of sp³-hybridized carbons (Fsp3) is 0.250. The molecule has 31 heavy (non-hydrogen) atoms. The minimum Gasteiger partial charge on any atom is -0.355 e. The standard InChI is InChI=1S/C20H21N7O3S/c1-14-10-11-21-20(22-14)26-31(29,30)16-6-4-15(5-7-16)23-19(28)17-8-9-18(25-24-17)27-12-2-3-13-27/h4-11H,2-3,12-13H2,1H3,(H,23,28)(H,21,22,26). The van der Waals surface area contributed by atoms with Gasteiger partial charge in [0.25, 0.3) is 15.9 Å². The van der Waals surface area contributed by atoms with E-state index in [4.69, 9.17) is 0 Å². The van der Waals surface area contributed by atoms with Gasteiger partial charge in [0.15, 0.2) is 11.5 Å². The zero-order valence-electron chi connectivity index (χ0n) is 16.8. The van der Waals surface area contributed by atoms with Crippen molar-refractivity contribution in [3.8, 4) is 0 Å². The van der Waals surface area contributed by atoms with Crippen molar-refractivity contribution in [1.82, 2.24) is 20.2 Å². The molecule has 0 saturated carbocycles. The summed E-state index contributed by atoms with van der Waals surface area (Å²) in [5.41, 5.74) is 1.25. The van der Waals surface area contributed by atoms with Crippen LogP contribution in [0.5, 0.6) is 0 Å². The maximum absolute atomic E-state index is 12.5. The van der Waals surface area contributed by atoms with Crippen molar-refractivity contribution < 1.29 is 13.2 Å². The zero-order chi connectivity index (χ0) is 21.8. The molecule has 0 atom stereocenters. The lowest BCUT2D eigenvalue weighted by atomic mass is 10.3. The highest BCUT2D eigenvalue weighted by atomic mass is 32.2. The molecule has 4 rings (SSSR count). The van der Waals surface area contributed by atoms with Crippen LogP contribution in [0, 0.1) is 6.92 Å². The lowest BCUT2D eigenvalue weighted by Gasteiger charge is -2.15. The minimum atomic E-state index is -3.86. The second-order valence-electron chi connectivity index (χ2n) is 7.08. The Kier molecular flexibility index (Phi) is 5.76. The molecule has 10 nitrogen and oxygen atoms in total. The Bertz CT molecular complexity index is 1180. The van der Waals surface area contributed by atoms with Gasteiger partial charge in [-0.2, -0.15) is 0 Å². The first kappa shape index (κ1) is 20.7. The quantitative estimate of drug-likeness (QED) is 0.598. The lowest BCUT2D eigenvalue weighted by Crippen LogP contribution is -2.21. The van der Waals surface area contributed by atoms with Gasteiger partial charge in [0.1, 0.15) is 0 Å². The van der Waals surface area contributed by atoms with Gasteiger partial charge >= 0.3 is 0 Å². The third-order valence-electron chi connectivity index (χ3n) is 4.76. The molecular weight excluding hydrogens is 418 g/mol. The summed E-state index contributed by atoms with van der Waals surface area (Å²) in [6.07, 6.45) is 3.73. The summed E-state index contributed by atoms with van der Waals surface area (Å²) in [5, 5.41) is 10.8. The van der Waals surface area contributed by atoms with E-state index in [1.165, 1.54) is 30.5 Å². The summed E-state index contributed by atoms with van der Waals surface area (Å²) < 4.78 is 27.3. The summed E-state index contributed by atoms with van der Waals surface area (Å²) in [6.45, 7) is 3.63. The number of amides is 1. The second-order valence-corrected chi connectivity index (χ2v) is 8.76. The van der Waals surface area contributed by atoms with Crippen LogP contribution in [0.4, 0.5) is 17.5 Å². The number of rotatable bonds is 6. The van der Waals surface area contributed by atoms with Crippen LogP contribution in [0.25, 0.3) is 0 Å². The molecule has 0 spiro atoms. The fourth-order valence-corrected chi connectivity index (χ4v) is 4.10. The predicted molar refractivity (Wildman–Crippen MR) is 115 cm³/mol. The Hall–Kier alpha value is -3.60. The predicted octanol–water partition coefficient (Wildman–Crippen LogP) is 2.23. The highest BCUT2D eigenvalue weighted by molar-refractivity contribution is 7.92. The van der Waals surface area contributed by atoms with Crippen LogP contribution in [0.3, 0.4) is 0 Å². The third-order valence-corrected chi connectivity index (χ3v) is 6.10. The van der Waals surface area contributed by atoms with Gasteiger partial charge in [-0.05, 0) is 62.2 Å². The van der Waals surface area contributed by atoms with E-state index >= 15 is 0 Å². The van der Waals surface area contributed by atoms with Gasteiger partial charge < -0.3 is 10.2 Å². The molecular formula is C20H21N7O3S. The maximum atomic E-state index is 12.5. The van der Waals surface area contributed by atoms with Gasteiger partial charge in [0, 0.05) is 30.7 Å². The van der Waals surface area contributed by atoms with Gasteiger partial charge in [0.2, 0.25) is 5.95 Å². The molecule has 2 N–H and O–H groups in total. The smallest absolute Gasteiger partial charge is 0.276 e. The van der Waals surface area contributed by atoms with E-state index in [1.54, 1.807) is 25.1 Å². The van der Waals surface area contributed by atoms with Crippen LogP contribution in [-0.2, 0) is 10.0 Å². The summed E-state index contributed by atoms with van der Waals surface area (Å²) in [7, 11) is -3.86. The van der Waals surface area contributed by atoms with Crippen LogP contribution >= 0.6 is 0 Å². The lowest BCUT2D eigenvalue weighted by molar-refractivity contribution is 0.102. The van der Waals surface area contributed by atoms with Crippen LogP contribution < -0.4 is 14.9 Å². The molecule has 0 radical (unpaired) electrons. The highest BCUT2D eigenvalue weighted by Gasteiger charge is 2.17. The van der Waals surface area contributed by atoms with Crippen molar-refractivity contribution in [3.63, 3.8) is 0 Å². The first-order valence-electron chi connectivity index (χ1n) is 9.73. The summed E-state index contributed by atoms with van der Waals surface area (Å²) in [5.74, 6) is 0.324. The van der Waals surface area contributed by atoms with Crippen molar-refractivity contribution in [1.29, 1.82) is 0 Å². The van der Waals surface area contributed by atoms with E-state index in [-0.39, 0.29) is 16.5 Å². The Morgan fingerprint density at radius 1 is 1.00 bits per heavy atom. The van der Waals surface area contributed by atoms with Crippen LogP contribution in [0.1, 0.15) is 29.0 Å². The largest absolute Gasteiger partial charge is 0.355 e. The number of sulfonamides is 1. The molecule has 11 heteroatoms. The second kappa shape index (κ2) is 8.64. The molecule has 2 aromatic heterocycles. The molecule has 1 amide bonds. The third kappa shape index (κ3) is 4.94. The molecule has 1 saturated heterocycles. The van der Waals surface area contributed by atoms with Crippen molar-refractivity contribution >= 4 is 33.4 Å². The molecule has 160 valence electrons. The maximum Gasteiger partial charge on any atom is 0.276 e. The number of carbonyl (C=O) groups excluding carboxylic acids is 1. The van der Waals surface area contributed by atoms with Gasteiger partial charge in [-0.25, -0.2) is 23.1 Å². The van der Waals surface area contributed by atoms with Crippen LogP contribution in [0.2, 0.25) is 0 Å². The molecule has 0 unspecified atom stereocenters. The number of hydrogen-bond donors (Lipinski definition) is 2. The normalized spacial score (nSPS) is 13.8. The number of carbonyl (C=O) groups is 1. The van der Waals surface area contributed by atoms with Crippen molar-refractivity contribution in [3.05, 3.63) is 60.0 Å². The summed E-state index contributed by atoms with van der Waals surface area (Å²) in [6, 6.07) is 10.8. The number of aromatic nitrogens is 4. The molecule has 1 aliphatic heterocycles. The van der Waals surface area contributed by atoms with Gasteiger partial charge in [0.05, 0.1) is 4.90 Å². The molecule has 1 aliphatic rings. The van der Waals surface area contributed by atoms with Crippen molar-refractivity contribution in [2.45, 2.75) is 24.7 Å². The van der Waals surface area contributed by atoms with E-state index in [9.17, 15) is 13.2 Å². The Morgan fingerprint density at radius 2 is 1.74 bits per heavy atom. The number of hydrogen-bond acceptors (Lipinski definition) is 8. The van der Waals surface area contributed by atoms with E-state index in [1.807, 2.05) is 0 Å². The van der Waals surface area contributed by atoms with E-state index < -0.39 is 15.9 Å². The topological polar surface area (TPSA) is 130 Å². The number of nitrogens with one attached hydrogen (secondary N) is 2. The summed E-state index contributed by atoms with van der Waals surface area (Å²) >= 11 is 0. The SMILES string of the molecule is Cc1ccnc(NS(=O)(=O)c2ccc(NC(=O)c3ccc(N4CCCC4)nn3)cc2)n1. The molecule has 0 aliphatic carbocycles. The first-order chi connectivity index (χ1) is 14.9. The molecule has 3 heterocycles. The van der Waals surface area contributed by atoms with Crippen molar-refractivity contribution in [2.75, 3.05) is 28.0 Å². The first-order valence-corrected chi connectivity index (χ1v) is 11.2. The number of benzene rings is 1. The highest BCUT2D eigenvalue weighted by Crippen LogP contribution is 2.19. The zero-order valence-corrected chi connectivity index (χ0v) is 17.6. The van der Waals surface area contributed by atoms with E-state index in [0.717, 1.165) is 31.7 Å². The molecule has 3 aromatic rings. The van der Waals surface area contributed by atoms with Crippen molar-refractivity contribution in [2.24, 2.45) is 0 Å². The minimum absolute atomic E-state index is 0.00618.